The van der Waals surface area contributed by atoms with Crippen molar-refractivity contribution in [1.29, 1.82) is 0 Å². The minimum Gasteiger partial charge on any atom is -0.493 e. The van der Waals surface area contributed by atoms with Crippen molar-refractivity contribution >= 4 is 23.4 Å². The van der Waals surface area contributed by atoms with Crippen LogP contribution in [0.5, 0.6) is 5.88 Å². The number of fused-ring (bicyclic) bond motifs is 1. The Labute approximate surface area is 108 Å². The van der Waals surface area contributed by atoms with Crippen LogP contribution in [0.1, 0.15) is 11.3 Å². The SMILES string of the molecule is Oc1c2c(nn1-c1ccc(Cl)cc1)CCSC2. The van der Waals surface area contributed by atoms with Gasteiger partial charge in [0.2, 0.25) is 5.88 Å². The van der Waals surface area contributed by atoms with E-state index in [-0.39, 0.29) is 5.88 Å². The predicted molar refractivity (Wildman–Crippen MR) is 70.1 cm³/mol. The molecule has 0 atom stereocenters. The zero-order chi connectivity index (χ0) is 11.8. The zero-order valence-electron chi connectivity index (χ0n) is 9.06. The van der Waals surface area contributed by atoms with Crippen LogP contribution in [-0.4, -0.2) is 20.6 Å². The van der Waals surface area contributed by atoms with Crippen molar-refractivity contribution in [2.75, 3.05) is 5.75 Å². The third-order valence-corrected chi connectivity index (χ3v) is 4.08. The Kier molecular flexibility index (Phi) is 2.76. The largest absolute Gasteiger partial charge is 0.493 e. The molecule has 1 N–H and O–H groups in total. The van der Waals surface area contributed by atoms with Crippen molar-refractivity contribution in [2.24, 2.45) is 0 Å². The lowest BCUT2D eigenvalue weighted by molar-refractivity contribution is 0.430. The van der Waals surface area contributed by atoms with E-state index in [1.165, 1.54) is 0 Å². The zero-order valence-corrected chi connectivity index (χ0v) is 10.6. The van der Waals surface area contributed by atoms with Crippen LogP contribution in [0.15, 0.2) is 24.3 Å². The molecule has 2 heterocycles. The minimum absolute atomic E-state index is 0.259. The maximum Gasteiger partial charge on any atom is 0.218 e. The summed E-state index contributed by atoms with van der Waals surface area (Å²) in [6, 6.07) is 7.30. The highest BCUT2D eigenvalue weighted by molar-refractivity contribution is 7.98. The third kappa shape index (κ3) is 1.91. The van der Waals surface area contributed by atoms with Gasteiger partial charge in [-0.15, -0.1) is 0 Å². The average Bonchev–Trinajstić information content (AvgIpc) is 2.69. The summed E-state index contributed by atoms with van der Waals surface area (Å²) in [4.78, 5) is 0. The van der Waals surface area contributed by atoms with E-state index in [0.717, 1.165) is 34.9 Å². The maximum absolute atomic E-state index is 10.2. The van der Waals surface area contributed by atoms with E-state index in [0.29, 0.717) is 5.02 Å². The molecule has 1 aromatic heterocycles. The molecule has 3 nitrogen and oxygen atoms in total. The second kappa shape index (κ2) is 4.27. The summed E-state index contributed by atoms with van der Waals surface area (Å²) in [6.45, 7) is 0. The number of hydrogen-bond acceptors (Lipinski definition) is 3. The number of halogens is 1. The van der Waals surface area contributed by atoms with Gasteiger partial charge in [0.1, 0.15) is 0 Å². The molecule has 2 aromatic rings. The van der Waals surface area contributed by atoms with E-state index in [1.54, 1.807) is 16.8 Å². The lowest BCUT2D eigenvalue weighted by Crippen LogP contribution is -2.00. The monoisotopic (exact) mass is 266 g/mol. The van der Waals surface area contributed by atoms with Crippen LogP contribution in [0.3, 0.4) is 0 Å². The third-order valence-electron chi connectivity index (χ3n) is 2.84. The topological polar surface area (TPSA) is 38.1 Å². The Balaban J connectivity index is 2.09. The minimum atomic E-state index is 0.259. The van der Waals surface area contributed by atoms with Crippen LogP contribution >= 0.6 is 23.4 Å². The fourth-order valence-electron chi connectivity index (χ4n) is 1.94. The molecule has 0 unspecified atom stereocenters. The van der Waals surface area contributed by atoms with Crippen LogP contribution in [0.25, 0.3) is 5.69 Å². The van der Waals surface area contributed by atoms with E-state index < -0.39 is 0 Å². The number of thioether (sulfide) groups is 1. The molecular formula is C12H11ClN2OS. The summed E-state index contributed by atoms with van der Waals surface area (Å²) in [5.74, 6) is 2.17. The van der Waals surface area contributed by atoms with Crippen molar-refractivity contribution in [3.63, 3.8) is 0 Å². The normalized spacial score (nSPS) is 14.6. The van der Waals surface area contributed by atoms with E-state index in [9.17, 15) is 5.11 Å². The molecule has 3 rings (SSSR count). The summed E-state index contributed by atoms with van der Waals surface area (Å²) >= 11 is 7.67. The Hall–Kier alpha value is -1.13. The number of hydrogen-bond donors (Lipinski definition) is 1. The molecule has 0 saturated heterocycles. The van der Waals surface area contributed by atoms with Crippen molar-refractivity contribution in [3.8, 4) is 11.6 Å². The number of nitrogens with zero attached hydrogens (tertiary/aromatic N) is 2. The summed E-state index contributed by atoms with van der Waals surface area (Å²) < 4.78 is 1.59. The summed E-state index contributed by atoms with van der Waals surface area (Å²) in [6.07, 6.45) is 0.925. The Morgan fingerprint density at radius 1 is 1.29 bits per heavy atom. The second-order valence-electron chi connectivity index (χ2n) is 3.94. The molecule has 88 valence electrons. The Morgan fingerprint density at radius 2 is 2.06 bits per heavy atom. The molecule has 1 aromatic carbocycles. The van der Waals surface area contributed by atoms with Gasteiger partial charge in [0, 0.05) is 22.8 Å². The van der Waals surface area contributed by atoms with Gasteiger partial charge >= 0.3 is 0 Å². The second-order valence-corrected chi connectivity index (χ2v) is 5.48. The van der Waals surface area contributed by atoms with Gasteiger partial charge in [-0.1, -0.05) is 11.6 Å². The molecule has 0 spiro atoms. The summed E-state index contributed by atoms with van der Waals surface area (Å²) in [7, 11) is 0. The van der Waals surface area contributed by atoms with E-state index in [2.05, 4.69) is 5.10 Å². The molecule has 0 aliphatic carbocycles. The van der Waals surface area contributed by atoms with Gasteiger partial charge in [-0.25, -0.2) is 4.68 Å². The Morgan fingerprint density at radius 3 is 2.76 bits per heavy atom. The molecule has 1 aliphatic rings. The fourth-order valence-corrected chi connectivity index (χ4v) is 3.05. The molecular weight excluding hydrogens is 256 g/mol. The smallest absolute Gasteiger partial charge is 0.218 e. The summed E-state index contributed by atoms with van der Waals surface area (Å²) in [5, 5.41) is 15.3. The number of aromatic nitrogens is 2. The first-order chi connectivity index (χ1) is 8.25. The summed E-state index contributed by atoms with van der Waals surface area (Å²) in [5.41, 5.74) is 2.82. The number of aryl methyl sites for hydroxylation is 1. The van der Waals surface area contributed by atoms with Gasteiger partial charge < -0.3 is 5.11 Å². The first-order valence-electron chi connectivity index (χ1n) is 5.39. The van der Waals surface area contributed by atoms with Crippen molar-refractivity contribution in [2.45, 2.75) is 12.2 Å². The molecule has 1 aliphatic heterocycles. The standard InChI is InChI=1S/C12H11ClN2OS/c13-8-1-3-9(4-2-8)15-12(16)10-7-17-6-5-11(10)14-15/h1-4,16H,5-7H2. The van der Waals surface area contributed by atoms with E-state index in [1.807, 2.05) is 23.9 Å². The van der Waals surface area contributed by atoms with Crippen molar-refractivity contribution < 1.29 is 5.11 Å². The molecule has 0 bridgehead atoms. The van der Waals surface area contributed by atoms with Crippen LogP contribution in [-0.2, 0) is 12.2 Å². The first kappa shape index (κ1) is 11.0. The van der Waals surface area contributed by atoms with Crippen molar-refractivity contribution in [3.05, 3.63) is 40.5 Å². The molecule has 0 radical (unpaired) electrons. The molecule has 0 fully saturated rings. The van der Waals surface area contributed by atoms with Crippen molar-refractivity contribution in [1.82, 2.24) is 9.78 Å². The lowest BCUT2D eigenvalue weighted by Gasteiger charge is -2.07. The quantitative estimate of drug-likeness (QED) is 0.862. The molecule has 17 heavy (non-hydrogen) atoms. The molecule has 5 heteroatoms. The maximum atomic E-state index is 10.2. The van der Waals surface area contributed by atoms with Gasteiger partial charge in [0.05, 0.1) is 11.4 Å². The van der Waals surface area contributed by atoms with Crippen LogP contribution in [0.4, 0.5) is 0 Å². The number of benzene rings is 1. The fraction of sp³-hybridized carbons (Fsp3) is 0.250. The van der Waals surface area contributed by atoms with Crippen LogP contribution < -0.4 is 0 Å². The van der Waals surface area contributed by atoms with Crippen LogP contribution in [0.2, 0.25) is 5.02 Å². The van der Waals surface area contributed by atoms with Gasteiger partial charge in [-0.3, -0.25) is 0 Å². The number of aromatic hydroxyl groups is 1. The first-order valence-corrected chi connectivity index (χ1v) is 6.92. The number of rotatable bonds is 1. The average molecular weight is 267 g/mol. The molecule has 0 amide bonds. The van der Waals surface area contributed by atoms with Gasteiger partial charge in [0.25, 0.3) is 0 Å². The lowest BCUT2D eigenvalue weighted by atomic mass is 10.2. The van der Waals surface area contributed by atoms with Gasteiger partial charge in [-0.2, -0.15) is 16.9 Å². The highest BCUT2D eigenvalue weighted by Gasteiger charge is 2.20. The predicted octanol–water partition coefficient (Wildman–Crippen LogP) is 3.02. The van der Waals surface area contributed by atoms with E-state index in [4.69, 9.17) is 11.6 Å². The van der Waals surface area contributed by atoms with Crippen LogP contribution in [0, 0.1) is 0 Å². The highest BCUT2D eigenvalue weighted by atomic mass is 35.5. The highest BCUT2D eigenvalue weighted by Crippen LogP contribution is 2.32. The van der Waals surface area contributed by atoms with Gasteiger partial charge in [-0.05, 0) is 30.0 Å². The van der Waals surface area contributed by atoms with E-state index >= 15 is 0 Å². The van der Waals surface area contributed by atoms with Gasteiger partial charge in [0.15, 0.2) is 0 Å². The molecule has 0 saturated carbocycles. The Bertz CT molecular complexity index is 550.